The van der Waals surface area contributed by atoms with Crippen LogP contribution < -0.4 is 0 Å². The monoisotopic (exact) mass is 342 g/mol. The van der Waals surface area contributed by atoms with Crippen molar-refractivity contribution in [2.45, 2.75) is 27.2 Å². The zero-order valence-electron chi connectivity index (χ0n) is 14.2. The van der Waals surface area contributed by atoms with E-state index in [9.17, 15) is 19.2 Å². The lowest BCUT2D eigenvalue weighted by molar-refractivity contribution is -0.156. The third-order valence-electron chi connectivity index (χ3n) is 5.59. The molecule has 1 fully saturated rings. The molecular weight excluding hydrogens is 324 g/mol. The van der Waals surface area contributed by atoms with Crippen molar-refractivity contribution in [3.05, 3.63) is 47.5 Å². The molecule has 6 heteroatoms. The second-order valence-corrected chi connectivity index (χ2v) is 6.84. The van der Waals surface area contributed by atoms with Crippen molar-refractivity contribution in [3.8, 4) is 0 Å². The van der Waals surface area contributed by atoms with Gasteiger partial charge in [-0.25, -0.2) is 9.59 Å². The summed E-state index contributed by atoms with van der Waals surface area (Å²) < 4.78 is 9.11. The van der Waals surface area contributed by atoms with E-state index in [0.29, 0.717) is 11.1 Å². The van der Waals surface area contributed by atoms with Crippen LogP contribution in [-0.2, 0) is 19.1 Å². The molecule has 0 amide bonds. The smallest absolute Gasteiger partial charge is 0.346 e. The molecule has 0 spiro atoms. The molecule has 0 aromatic heterocycles. The first-order valence-corrected chi connectivity index (χ1v) is 8.01. The summed E-state index contributed by atoms with van der Waals surface area (Å²) in [5.41, 5.74) is -0.726. The third-order valence-corrected chi connectivity index (χ3v) is 5.59. The largest absolute Gasteiger partial charge is 0.392 e. The highest BCUT2D eigenvalue weighted by Gasteiger charge is 2.65. The number of carbonyl (C=O) groups excluding carboxylic acids is 4. The molecule has 3 aliphatic rings. The SMILES string of the molecule is CC1CC=CC2(C)C(=O)OC(=O)C12C.O=C1OC(=O)c2ccccc21. The molecule has 1 aromatic rings. The predicted octanol–water partition coefficient (Wildman–Crippen LogP) is 2.68. The van der Waals surface area contributed by atoms with Crippen LogP contribution in [0.1, 0.15) is 47.9 Å². The van der Waals surface area contributed by atoms with Crippen LogP contribution in [0.2, 0.25) is 0 Å². The van der Waals surface area contributed by atoms with Crippen molar-refractivity contribution in [2.24, 2.45) is 16.7 Å². The van der Waals surface area contributed by atoms with Gasteiger partial charge in [-0.3, -0.25) is 9.59 Å². The number of cyclic esters (lactones) is 4. The fourth-order valence-corrected chi connectivity index (χ4v) is 3.45. The molecule has 3 unspecified atom stereocenters. The molecule has 2 heterocycles. The zero-order chi connectivity index (χ0) is 18.4. The van der Waals surface area contributed by atoms with Crippen molar-refractivity contribution in [3.63, 3.8) is 0 Å². The Labute approximate surface area is 144 Å². The van der Waals surface area contributed by atoms with Crippen LogP contribution in [0.15, 0.2) is 36.4 Å². The van der Waals surface area contributed by atoms with Crippen LogP contribution >= 0.6 is 0 Å². The quantitative estimate of drug-likeness (QED) is 0.409. The van der Waals surface area contributed by atoms with Gasteiger partial charge < -0.3 is 9.47 Å². The minimum atomic E-state index is -0.762. The summed E-state index contributed by atoms with van der Waals surface area (Å²) in [6, 6.07) is 6.53. The Morgan fingerprint density at radius 3 is 2.00 bits per heavy atom. The van der Waals surface area contributed by atoms with Gasteiger partial charge in [0.15, 0.2) is 0 Å². The minimum absolute atomic E-state index is 0.149. The molecule has 6 nitrogen and oxygen atoms in total. The number of ether oxygens (including phenoxy) is 2. The molecule has 1 aromatic carbocycles. The Morgan fingerprint density at radius 1 is 0.920 bits per heavy atom. The highest BCUT2D eigenvalue weighted by atomic mass is 16.6. The van der Waals surface area contributed by atoms with Gasteiger partial charge in [0.25, 0.3) is 0 Å². The number of carbonyl (C=O) groups is 4. The number of hydrogen-bond donors (Lipinski definition) is 0. The van der Waals surface area contributed by atoms with Gasteiger partial charge in [-0.2, -0.15) is 0 Å². The first-order chi connectivity index (χ1) is 11.7. The molecule has 25 heavy (non-hydrogen) atoms. The van der Waals surface area contributed by atoms with Crippen molar-refractivity contribution < 1.29 is 28.7 Å². The highest BCUT2D eigenvalue weighted by Crippen LogP contribution is 2.55. The summed E-state index contributed by atoms with van der Waals surface area (Å²) in [5, 5.41) is 0. The summed E-state index contributed by atoms with van der Waals surface area (Å²) >= 11 is 0. The molecule has 1 saturated heterocycles. The normalized spacial score (nSPS) is 32.4. The Kier molecular flexibility index (Phi) is 3.86. The molecule has 0 radical (unpaired) electrons. The van der Waals surface area contributed by atoms with Crippen molar-refractivity contribution >= 4 is 23.9 Å². The van der Waals surface area contributed by atoms with E-state index in [0.717, 1.165) is 6.42 Å². The van der Waals surface area contributed by atoms with Gasteiger partial charge in [0.2, 0.25) is 0 Å². The van der Waals surface area contributed by atoms with Gasteiger partial charge in [-0.15, -0.1) is 0 Å². The van der Waals surface area contributed by atoms with Crippen LogP contribution in [-0.4, -0.2) is 23.9 Å². The van der Waals surface area contributed by atoms with E-state index in [2.05, 4.69) is 4.74 Å². The Hall–Kier alpha value is -2.76. The molecule has 1 aliphatic carbocycles. The average Bonchev–Trinajstić information content (AvgIpc) is 2.96. The molecular formula is C19H18O6. The summed E-state index contributed by atoms with van der Waals surface area (Å²) in [4.78, 5) is 44.9. The van der Waals surface area contributed by atoms with Crippen molar-refractivity contribution in [1.29, 1.82) is 0 Å². The Morgan fingerprint density at radius 2 is 1.48 bits per heavy atom. The number of rotatable bonds is 0. The maximum Gasteiger partial charge on any atom is 0.346 e. The van der Waals surface area contributed by atoms with Crippen LogP contribution in [0.4, 0.5) is 0 Å². The molecule has 0 N–H and O–H groups in total. The maximum atomic E-state index is 11.7. The van der Waals surface area contributed by atoms with E-state index in [4.69, 9.17) is 4.74 Å². The van der Waals surface area contributed by atoms with Gasteiger partial charge in [0.05, 0.1) is 22.0 Å². The fourth-order valence-electron chi connectivity index (χ4n) is 3.45. The number of benzene rings is 1. The lowest BCUT2D eigenvalue weighted by Gasteiger charge is -2.39. The average molecular weight is 342 g/mol. The summed E-state index contributed by atoms with van der Waals surface area (Å²) in [5.74, 6) is -1.73. The topological polar surface area (TPSA) is 86.7 Å². The van der Waals surface area contributed by atoms with Gasteiger partial charge >= 0.3 is 23.9 Å². The van der Waals surface area contributed by atoms with Crippen molar-refractivity contribution in [2.75, 3.05) is 0 Å². The van der Waals surface area contributed by atoms with E-state index in [1.165, 1.54) is 0 Å². The predicted molar refractivity (Wildman–Crippen MR) is 86.4 cm³/mol. The second kappa shape index (κ2) is 5.65. The maximum absolute atomic E-state index is 11.7. The van der Waals surface area contributed by atoms with E-state index in [1.54, 1.807) is 31.2 Å². The minimum Gasteiger partial charge on any atom is -0.392 e. The first-order valence-electron chi connectivity index (χ1n) is 8.01. The van der Waals surface area contributed by atoms with Crippen molar-refractivity contribution in [1.82, 2.24) is 0 Å². The Balaban J connectivity index is 0.000000150. The standard InChI is InChI=1S/C11H14O3.C8H4O3/c1-7-5-4-6-10(2)8(12)14-9(13)11(7,10)3;9-7-5-3-1-2-4-6(5)8(10)11-7/h4,6-7H,5H2,1-3H3;1-4H. The zero-order valence-corrected chi connectivity index (χ0v) is 14.2. The third kappa shape index (κ3) is 2.32. The van der Waals surface area contributed by atoms with Crippen LogP contribution in [0.25, 0.3) is 0 Å². The van der Waals surface area contributed by atoms with Crippen LogP contribution in [0.5, 0.6) is 0 Å². The highest BCUT2D eigenvalue weighted by molar-refractivity contribution is 6.14. The van der Waals surface area contributed by atoms with E-state index < -0.39 is 28.7 Å². The number of esters is 4. The summed E-state index contributed by atoms with van der Waals surface area (Å²) in [6.07, 6.45) is 4.61. The van der Waals surface area contributed by atoms with Crippen LogP contribution in [0, 0.1) is 16.7 Å². The van der Waals surface area contributed by atoms with Crippen LogP contribution in [0.3, 0.4) is 0 Å². The molecule has 4 rings (SSSR count). The van der Waals surface area contributed by atoms with Gasteiger partial charge in [0, 0.05) is 0 Å². The number of allylic oxidation sites excluding steroid dienone is 1. The van der Waals surface area contributed by atoms with E-state index >= 15 is 0 Å². The van der Waals surface area contributed by atoms with Gasteiger partial charge in [-0.1, -0.05) is 31.2 Å². The van der Waals surface area contributed by atoms with Gasteiger partial charge in [0.1, 0.15) is 0 Å². The number of fused-ring (bicyclic) bond motifs is 2. The van der Waals surface area contributed by atoms with Gasteiger partial charge in [-0.05, 0) is 38.3 Å². The lowest BCUT2D eigenvalue weighted by Crippen LogP contribution is -2.45. The lowest BCUT2D eigenvalue weighted by atomic mass is 9.57. The Bertz CT molecular complexity index is 790. The molecule has 3 atom stereocenters. The second-order valence-electron chi connectivity index (χ2n) is 6.84. The number of hydrogen-bond acceptors (Lipinski definition) is 6. The fraction of sp³-hybridized carbons (Fsp3) is 0.368. The molecule has 0 saturated carbocycles. The van der Waals surface area contributed by atoms with E-state index in [1.807, 2.05) is 26.0 Å². The van der Waals surface area contributed by atoms with E-state index in [-0.39, 0.29) is 11.9 Å². The molecule has 130 valence electrons. The molecule has 2 aliphatic heterocycles. The summed E-state index contributed by atoms with van der Waals surface area (Å²) in [7, 11) is 0. The first kappa shape index (κ1) is 17.1. The molecule has 0 bridgehead atoms. The summed E-state index contributed by atoms with van der Waals surface area (Å²) in [6.45, 7) is 5.60.